The number of benzene rings is 2. The smallest absolute Gasteiger partial charge is 0.261 e. The number of hydrogen-bond donors (Lipinski definition) is 0. The van der Waals surface area contributed by atoms with E-state index < -0.39 is 0 Å². The molecule has 0 saturated carbocycles. The second-order valence-corrected chi connectivity index (χ2v) is 9.57. The molecule has 0 N–H and O–H groups in total. The summed E-state index contributed by atoms with van der Waals surface area (Å²) in [5.41, 5.74) is 2.87. The number of morpholine rings is 1. The minimum absolute atomic E-state index is 0. The summed E-state index contributed by atoms with van der Waals surface area (Å²) < 4.78 is 6.58. The summed E-state index contributed by atoms with van der Waals surface area (Å²) in [5, 5.41) is 0.772. The van der Waals surface area contributed by atoms with Crippen molar-refractivity contribution in [3.05, 3.63) is 53.6 Å². The number of rotatable bonds is 7. The topological polar surface area (TPSA) is 45.7 Å². The van der Waals surface area contributed by atoms with Crippen LogP contribution in [0.4, 0.5) is 5.13 Å². The van der Waals surface area contributed by atoms with Gasteiger partial charge in [0, 0.05) is 31.1 Å². The van der Waals surface area contributed by atoms with E-state index in [0.29, 0.717) is 6.54 Å². The molecule has 0 unspecified atom stereocenters. The number of anilines is 1. The molecule has 4 rings (SSSR count). The van der Waals surface area contributed by atoms with Gasteiger partial charge < -0.3 is 4.74 Å². The molecule has 1 fully saturated rings. The highest BCUT2D eigenvalue weighted by atomic mass is 35.5. The van der Waals surface area contributed by atoms with Gasteiger partial charge >= 0.3 is 0 Å². The predicted molar refractivity (Wildman–Crippen MR) is 133 cm³/mol. The van der Waals surface area contributed by atoms with E-state index in [1.165, 1.54) is 0 Å². The van der Waals surface area contributed by atoms with Crippen molar-refractivity contribution >= 4 is 56.8 Å². The molecule has 0 radical (unpaired) electrons. The van der Waals surface area contributed by atoms with Crippen molar-refractivity contribution in [2.75, 3.05) is 50.0 Å². The summed E-state index contributed by atoms with van der Waals surface area (Å²) >= 11 is 3.30. The SMILES string of the molecule is CCSc1ccccc1C(=O)N(CCN1CCOCC1)c1nc2c(C)cccc2s1.Cl. The number of carbonyl (C=O) groups is 1. The molecule has 0 aliphatic carbocycles. The van der Waals surface area contributed by atoms with Gasteiger partial charge in [0.2, 0.25) is 0 Å². The highest BCUT2D eigenvalue weighted by Gasteiger charge is 2.24. The van der Waals surface area contributed by atoms with E-state index in [-0.39, 0.29) is 18.3 Å². The zero-order valence-electron chi connectivity index (χ0n) is 17.9. The highest BCUT2D eigenvalue weighted by Crippen LogP contribution is 2.32. The van der Waals surface area contributed by atoms with E-state index in [1.807, 2.05) is 35.2 Å². The average Bonchev–Trinajstić information content (AvgIpc) is 3.20. The Kier molecular flexibility index (Phi) is 8.75. The molecule has 1 saturated heterocycles. The maximum atomic E-state index is 13.7. The first-order valence-corrected chi connectivity index (χ1v) is 12.2. The molecule has 31 heavy (non-hydrogen) atoms. The minimum Gasteiger partial charge on any atom is -0.379 e. The zero-order chi connectivity index (χ0) is 20.9. The highest BCUT2D eigenvalue weighted by molar-refractivity contribution is 7.99. The number of aryl methyl sites for hydroxylation is 1. The number of halogens is 1. The normalized spacial score (nSPS) is 14.4. The molecule has 0 spiro atoms. The Labute approximate surface area is 198 Å². The Morgan fingerprint density at radius 3 is 2.71 bits per heavy atom. The van der Waals surface area contributed by atoms with Gasteiger partial charge in [-0.2, -0.15) is 0 Å². The number of carbonyl (C=O) groups excluding carboxylic acids is 1. The first-order chi connectivity index (χ1) is 14.7. The van der Waals surface area contributed by atoms with Crippen molar-refractivity contribution in [2.45, 2.75) is 18.7 Å². The van der Waals surface area contributed by atoms with E-state index >= 15 is 0 Å². The third-order valence-corrected chi connectivity index (χ3v) is 7.25. The quantitative estimate of drug-likeness (QED) is 0.442. The number of nitrogens with zero attached hydrogens (tertiary/aromatic N) is 3. The molecule has 0 atom stereocenters. The van der Waals surface area contributed by atoms with Gasteiger partial charge in [-0.25, -0.2) is 4.98 Å². The lowest BCUT2D eigenvalue weighted by molar-refractivity contribution is 0.0391. The van der Waals surface area contributed by atoms with Gasteiger partial charge in [-0.05, 0) is 36.4 Å². The van der Waals surface area contributed by atoms with E-state index in [0.717, 1.165) is 70.0 Å². The average molecular weight is 478 g/mol. The van der Waals surface area contributed by atoms with Crippen molar-refractivity contribution in [2.24, 2.45) is 0 Å². The van der Waals surface area contributed by atoms with Crippen molar-refractivity contribution in [3.63, 3.8) is 0 Å². The van der Waals surface area contributed by atoms with Gasteiger partial charge in [-0.3, -0.25) is 14.6 Å². The fourth-order valence-electron chi connectivity index (χ4n) is 3.61. The fraction of sp³-hybridized carbons (Fsp3) is 0.391. The lowest BCUT2D eigenvalue weighted by Crippen LogP contribution is -2.43. The van der Waals surface area contributed by atoms with Gasteiger partial charge in [0.15, 0.2) is 5.13 Å². The van der Waals surface area contributed by atoms with E-state index in [9.17, 15) is 4.79 Å². The number of para-hydroxylation sites is 1. The molecular formula is C23H28ClN3O2S2. The second-order valence-electron chi connectivity index (χ2n) is 7.26. The molecule has 3 aromatic rings. The third kappa shape index (κ3) is 5.59. The van der Waals surface area contributed by atoms with Crippen LogP contribution in [0.25, 0.3) is 10.2 Å². The standard InChI is InChI=1S/C23H27N3O2S2.ClH/c1-3-29-19-9-5-4-8-18(19)22(27)26(12-11-25-13-15-28-16-14-25)23-24-21-17(2)7-6-10-20(21)30-23;/h4-10H,3,11-16H2,1-2H3;1H. The van der Waals surface area contributed by atoms with Crippen molar-refractivity contribution in [1.29, 1.82) is 0 Å². The van der Waals surface area contributed by atoms with Gasteiger partial charge in [0.1, 0.15) is 0 Å². The molecule has 0 bridgehead atoms. The van der Waals surface area contributed by atoms with Gasteiger partial charge in [-0.1, -0.05) is 42.5 Å². The Morgan fingerprint density at radius 1 is 1.19 bits per heavy atom. The summed E-state index contributed by atoms with van der Waals surface area (Å²) in [6.45, 7) is 8.92. The molecule has 1 aliphatic heterocycles. The summed E-state index contributed by atoms with van der Waals surface area (Å²) in [5.74, 6) is 0.954. The van der Waals surface area contributed by atoms with Crippen LogP contribution >= 0.6 is 35.5 Å². The van der Waals surface area contributed by atoms with Crippen molar-refractivity contribution in [1.82, 2.24) is 9.88 Å². The van der Waals surface area contributed by atoms with Crippen LogP contribution in [-0.4, -0.2) is 60.9 Å². The molecular weight excluding hydrogens is 450 g/mol. The summed E-state index contributed by atoms with van der Waals surface area (Å²) in [6, 6.07) is 14.1. The molecule has 1 aromatic heterocycles. The van der Waals surface area contributed by atoms with Crippen LogP contribution in [0.3, 0.4) is 0 Å². The van der Waals surface area contributed by atoms with Gasteiger partial charge in [-0.15, -0.1) is 24.2 Å². The Hall–Kier alpha value is -1.64. The third-order valence-electron chi connectivity index (χ3n) is 5.25. The maximum Gasteiger partial charge on any atom is 0.261 e. The number of hydrogen-bond acceptors (Lipinski definition) is 6. The number of thiazole rings is 1. The monoisotopic (exact) mass is 477 g/mol. The summed E-state index contributed by atoms with van der Waals surface area (Å²) in [4.78, 5) is 23.8. The first kappa shape index (κ1) is 24.0. The number of amides is 1. The molecule has 8 heteroatoms. The van der Waals surface area contributed by atoms with Crippen molar-refractivity contribution < 1.29 is 9.53 Å². The molecule has 1 aliphatic rings. The van der Waals surface area contributed by atoms with Crippen LogP contribution in [0.1, 0.15) is 22.8 Å². The predicted octanol–water partition coefficient (Wildman–Crippen LogP) is 5.12. The maximum absolute atomic E-state index is 13.7. The molecule has 1 amide bonds. The molecule has 5 nitrogen and oxygen atoms in total. The largest absolute Gasteiger partial charge is 0.379 e. The molecule has 2 aromatic carbocycles. The molecule has 166 valence electrons. The number of thioether (sulfide) groups is 1. The molecule has 2 heterocycles. The van der Waals surface area contributed by atoms with Crippen LogP contribution in [0.15, 0.2) is 47.4 Å². The Bertz CT molecular complexity index is 1020. The zero-order valence-corrected chi connectivity index (χ0v) is 20.3. The Morgan fingerprint density at radius 2 is 1.97 bits per heavy atom. The number of ether oxygens (including phenoxy) is 1. The van der Waals surface area contributed by atoms with Crippen LogP contribution < -0.4 is 4.90 Å². The van der Waals surface area contributed by atoms with E-state index in [4.69, 9.17) is 9.72 Å². The number of fused-ring (bicyclic) bond motifs is 1. The summed E-state index contributed by atoms with van der Waals surface area (Å²) in [7, 11) is 0. The second kappa shape index (κ2) is 11.3. The van der Waals surface area contributed by atoms with Gasteiger partial charge in [0.25, 0.3) is 5.91 Å². The van der Waals surface area contributed by atoms with Crippen LogP contribution in [0.5, 0.6) is 0 Å². The summed E-state index contributed by atoms with van der Waals surface area (Å²) in [6.07, 6.45) is 0. The van der Waals surface area contributed by atoms with E-state index in [1.54, 1.807) is 23.1 Å². The Balaban J connectivity index is 0.00000272. The fourth-order valence-corrected chi connectivity index (χ4v) is 5.47. The minimum atomic E-state index is 0. The van der Waals surface area contributed by atoms with E-state index in [2.05, 4.69) is 30.9 Å². The lowest BCUT2D eigenvalue weighted by atomic mass is 10.2. The first-order valence-electron chi connectivity index (χ1n) is 10.4. The lowest BCUT2D eigenvalue weighted by Gasteiger charge is -2.29. The number of aromatic nitrogens is 1. The van der Waals surface area contributed by atoms with Crippen LogP contribution in [-0.2, 0) is 4.74 Å². The van der Waals surface area contributed by atoms with Crippen LogP contribution in [0.2, 0.25) is 0 Å². The van der Waals surface area contributed by atoms with Crippen molar-refractivity contribution in [3.8, 4) is 0 Å². The van der Waals surface area contributed by atoms with Crippen LogP contribution in [0, 0.1) is 6.92 Å². The van der Waals surface area contributed by atoms with Gasteiger partial charge in [0.05, 0.1) is 29.0 Å².